The fourth-order valence-corrected chi connectivity index (χ4v) is 5.29. The average Bonchev–Trinajstić information content (AvgIpc) is 2.99. The van der Waals surface area contributed by atoms with Gasteiger partial charge in [0.25, 0.3) is 0 Å². The molecular formula is C18H22O5. The number of carbonyl (C=O) groups excluding carboxylic acids is 2. The molecule has 4 fully saturated rings. The van der Waals surface area contributed by atoms with Gasteiger partial charge in [0.05, 0.1) is 19.3 Å². The van der Waals surface area contributed by atoms with Gasteiger partial charge in [0.1, 0.15) is 12.2 Å². The monoisotopic (exact) mass is 318 g/mol. The van der Waals surface area contributed by atoms with Crippen LogP contribution in [-0.2, 0) is 20.9 Å². The number of furan rings is 1. The Hall–Kier alpha value is -1.78. The van der Waals surface area contributed by atoms with Crippen molar-refractivity contribution in [2.45, 2.75) is 38.7 Å². The van der Waals surface area contributed by atoms with Crippen molar-refractivity contribution in [3.05, 3.63) is 23.7 Å². The molecule has 0 amide bonds. The number of rotatable bonds is 4. The maximum Gasteiger partial charge on any atom is 0.341 e. The van der Waals surface area contributed by atoms with Gasteiger partial charge in [-0.3, -0.25) is 4.79 Å². The highest BCUT2D eigenvalue weighted by molar-refractivity contribution is 5.90. The van der Waals surface area contributed by atoms with Crippen LogP contribution in [0.3, 0.4) is 0 Å². The van der Waals surface area contributed by atoms with E-state index in [1.54, 1.807) is 0 Å². The Bertz CT molecular complexity index is 589. The summed E-state index contributed by atoms with van der Waals surface area (Å²) >= 11 is 0. The van der Waals surface area contributed by atoms with E-state index in [-0.39, 0.29) is 18.5 Å². The zero-order valence-corrected chi connectivity index (χ0v) is 13.3. The minimum atomic E-state index is -0.473. The Morgan fingerprint density at radius 3 is 2.39 bits per heavy atom. The lowest BCUT2D eigenvalue weighted by molar-refractivity contribution is -0.164. The van der Waals surface area contributed by atoms with E-state index in [9.17, 15) is 9.59 Å². The second-order valence-electron chi connectivity index (χ2n) is 7.31. The van der Waals surface area contributed by atoms with Crippen LogP contribution in [0.2, 0.25) is 0 Å². The second kappa shape index (κ2) is 5.69. The molecule has 0 spiro atoms. The van der Waals surface area contributed by atoms with Gasteiger partial charge >= 0.3 is 11.9 Å². The molecule has 23 heavy (non-hydrogen) atoms. The highest BCUT2D eigenvalue weighted by Crippen LogP contribution is 2.56. The van der Waals surface area contributed by atoms with Crippen molar-refractivity contribution in [1.29, 1.82) is 0 Å². The SMILES string of the molecule is COC(=O)c1ccoc1COC(=O)C1C2CC3CC(C2)CC1C3. The van der Waals surface area contributed by atoms with E-state index in [4.69, 9.17) is 13.9 Å². The lowest BCUT2D eigenvalue weighted by Crippen LogP contribution is -2.48. The van der Waals surface area contributed by atoms with Crippen LogP contribution in [0.4, 0.5) is 0 Å². The zero-order chi connectivity index (χ0) is 16.0. The van der Waals surface area contributed by atoms with E-state index >= 15 is 0 Å². The first kappa shape index (κ1) is 14.8. The summed E-state index contributed by atoms with van der Waals surface area (Å²) in [4.78, 5) is 24.2. The lowest BCUT2D eigenvalue weighted by atomic mass is 9.52. The van der Waals surface area contributed by atoms with Crippen LogP contribution in [0.15, 0.2) is 16.7 Å². The Morgan fingerprint density at radius 2 is 1.78 bits per heavy atom. The summed E-state index contributed by atoms with van der Waals surface area (Å²) < 4.78 is 15.5. The summed E-state index contributed by atoms with van der Waals surface area (Å²) in [7, 11) is 1.32. The molecule has 0 saturated heterocycles. The van der Waals surface area contributed by atoms with Crippen molar-refractivity contribution in [2.24, 2.45) is 29.6 Å². The van der Waals surface area contributed by atoms with Crippen LogP contribution in [0.5, 0.6) is 0 Å². The molecule has 0 unspecified atom stereocenters. The molecule has 5 heteroatoms. The predicted molar refractivity (Wildman–Crippen MR) is 80.4 cm³/mol. The predicted octanol–water partition coefficient (Wildman–Crippen LogP) is 3.18. The van der Waals surface area contributed by atoms with Gasteiger partial charge in [0.15, 0.2) is 5.76 Å². The Labute approximate surface area is 135 Å². The van der Waals surface area contributed by atoms with Crippen molar-refractivity contribution < 1.29 is 23.5 Å². The van der Waals surface area contributed by atoms with Crippen molar-refractivity contribution in [2.75, 3.05) is 7.11 Å². The van der Waals surface area contributed by atoms with Gasteiger partial charge in [-0.2, -0.15) is 0 Å². The second-order valence-corrected chi connectivity index (χ2v) is 7.31. The van der Waals surface area contributed by atoms with Gasteiger partial charge in [-0.1, -0.05) is 0 Å². The van der Waals surface area contributed by atoms with Gasteiger partial charge in [0.2, 0.25) is 0 Å². The average molecular weight is 318 g/mol. The molecule has 1 aromatic rings. The molecule has 5 rings (SSSR count). The topological polar surface area (TPSA) is 65.7 Å². The standard InChI is InChI=1S/C18H22O5/c1-21-17(19)14-2-3-22-15(14)9-23-18(20)16-12-5-10-4-11(7-12)8-13(16)6-10/h2-3,10-13,16H,4-9H2,1H3. The van der Waals surface area contributed by atoms with Crippen molar-refractivity contribution in [1.82, 2.24) is 0 Å². The van der Waals surface area contributed by atoms with E-state index in [0.717, 1.165) is 11.8 Å². The first-order chi connectivity index (χ1) is 11.2. The summed E-state index contributed by atoms with van der Waals surface area (Å²) in [5, 5.41) is 0. The fraction of sp³-hybridized carbons (Fsp3) is 0.667. The van der Waals surface area contributed by atoms with Crippen LogP contribution in [0, 0.1) is 29.6 Å². The van der Waals surface area contributed by atoms with Crippen molar-refractivity contribution in [3.8, 4) is 0 Å². The van der Waals surface area contributed by atoms with Crippen LogP contribution in [0.25, 0.3) is 0 Å². The number of hydrogen-bond acceptors (Lipinski definition) is 5. The maximum atomic E-state index is 12.6. The van der Waals surface area contributed by atoms with E-state index in [1.807, 2.05) is 0 Å². The third-order valence-electron chi connectivity index (χ3n) is 6.00. The largest absolute Gasteiger partial charge is 0.465 e. The van der Waals surface area contributed by atoms with Crippen molar-refractivity contribution in [3.63, 3.8) is 0 Å². The molecule has 0 N–H and O–H groups in total. The minimum absolute atomic E-state index is 0.000929. The first-order valence-corrected chi connectivity index (χ1v) is 8.47. The molecule has 0 radical (unpaired) electrons. The molecule has 1 aromatic heterocycles. The number of methoxy groups -OCH3 is 1. The molecule has 4 aliphatic rings. The molecule has 0 atom stereocenters. The highest BCUT2D eigenvalue weighted by atomic mass is 16.5. The molecule has 0 aliphatic heterocycles. The number of esters is 2. The number of hydrogen-bond donors (Lipinski definition) is 0. The molecular weight excluding hydrogens is 296 g/mol. The molecule has 1 heterocycles. The smallest absolute Gasteiger partial charge is 0.341 e. The van der Waals surface area contributed by atoms with Gasteiger partial charge in [-0.25, -0.2) is 4.79 Å². The van der Waals surface area contributed by atoms with Crippen LogP contribution >= 0.6 is 0 Å². The van der Waals surface area contributed by atoms with Gasteiger partial charge < -0.3 is 13.9 Å². The highest BCUT2D eigenvalue weighted by Gasteiger charge is 2.51. The van der Waals surface area contributed by atoms with E-state index in [2.05, 4.69) is 0 Å². The molecule has 124 valence electrons. The zero-order valence-electron chi connectivity index (χ0n) is 13.3. The van der Waals surface area contributed by atoms with E-state index in [0.29, 0.717) is 23.2 Å². The third kappa shape index (κ3) is 2.56. The molecule has 4 aliphatic carbocycles. The quantitative estimate of drug-likeness (QED) is 0.798. The van der Waals surface area contributed by atoms with Crippen LogP contribution < -0.4 is 0 Å². The Morgan fingerprint density at radius 1 is 1.13 bits per heavy atom. The van der Waals surface area contributed by atoms with Crippen LogP contribution in [0.1, 0.15) is 48.2 Å². The van der Waals surface area contributed by atoms with Gasteiger partial charge in [-0.05, 0) is 61.8 Å². The summed E-state index contributed by atoms with van der Waals surface area (Å²) in [6.07, 6.45) is 7.51. The first-order valence-electron chi connectivity index (χ1n) is 8.47. The molecule has 4 bridgehead atoms. The maximum absolute atomic E-state index is 12.6. The van der Waals surface area contributed by atoms with Gasteiger partial charge in [-0.15, -0.1) is 0 Å². The Kier molecular flexibility index (Phi) is 3.66. The summed E-state index contributed by atoms with van der Waals surface area (Å²) in [6, 6.07) is 1.54. The normalized spacial score (nSPS) is 34.4. The van der Waals surface area contributed by atoms with E-state index < -0.39 is 5.97 Å². The lowest BCUT2D eigenvalue weighted by Gasteiger charge is -2.53. The Balaban J connectivity index is 1.41. The third-order valence-corrected chi connectivity index (χ3v) is 6.00. The van der Waals surface area contributed by atoms with Crippen molar-refractivity contribution >= 4 is 11.9 Å². The molecule has 0 aromatic carbocycles. The molecule has 4 saturated carbocycles. The van der Waals surface area contributed by atoms with Crippen LogP contribution in [-0.4, -0.2) is 19.0 Å². The van der Waals surface area contributed by atoms with E-state index in [1.165, 1.54) is 51.5 Å². The summed E-state index contributed by atoms with van der Waals surface area (Å²) in [6.45, 7) is -0.000929. The number of carbonyl (C=O) groups is 2. The van der Waals surface area contributed by atoms with Gasteiger partial charge in [0, 0.05) is 0 Å². The summed E-state index contributed by atoms with van der Waals surface area (Å²) in [5.41, 5.74) is 0.324. The number of ether oxygens (including phenoxy) is 2. The fourth-order valence-electron chi connectivity index (χ4n) is 5.29. The summed E-state index contributed by atoms with van der Waals surface area (Å²) in [5.74, 6) is 2.46. The minimum Gasteiger partial charge on any atom is -0.465 e. The molecule has 5 nitrogen and oxygen atoms in total.